The molecule has 1 aromatic carbocycles. The highest BCUT2D eigenvalue weighted by molar-refractivity contribution is 5.91. The van der Waals surface area contributed by atoms with Crippen LogP contribution in [-0.4, -0.2) is 18.1 Å². The molecule has 0 heterocycles. The van der Waals surface area contributed by atoms with E-state index in [4.69, 9.17) is 10.5 Å². The molecule has 0 spiro atoms. The van der Waals surface area contributed by atoms with Crippen LogP contribution in [0.15, 0.2) is 24.3 Å². The number of hydrogen-bond donors (Lipinski definition) is 2. The number of amides is 1. The minimum absolute atomic E-state index is 0.0915. The molecule has 0 unspecified atom stereocenters. The summed E-state index contributed by atoms with van der Waals surface area (Å²) in [4.78, 5) is 11.7. The quantitative estimate of drug-likeness (QED) is 0.823. The van der Waals surface area contributed by atoms with Gasteiger partial charge in [-0.25, -0.2) is 0 Å². The highest BCUT2D eigenvalue weighted by atomic mass is 16.5. The molecule has 0 saturated heterocycles. The fourth-order valence-corrected chi connectivity index (χ4v) is 1.45. The summed E-state index contributed by atoms with van der Waals surface area (Å²) in [6.07, 6.45) is 0.284. The summed E-state index contributed by atoms with van der Waals surface area (Å²) in [5.74, 6) is 0.656. The predicted molar refractivity (Wildman–Crippen MR) is 69.1 cm³/mol. The van der Waals surface area contributed by atoms with Gasteiger partial charge in [-0.05, 0) is 32.9 Å². The first kappa shape index (κ1) is 13.5. The molecule has 4 heteroatoms. The van der Waals surface area contributed by atoms with E-state index >= 15 is 0 Å². The monoisotopic (exact) mass is 236 g/mol. The zero-order valence-corrected chi connectivity index (χ0v) is 10.6. The Morgan fingerprint density at radius 3 is 2.76 bits per heavy atom. The van der Waals surface area contributed by atoms with E-state index in [0.717, 1.165) is 11.4 Å². The lowest BCUT2D eigenvalue weighted by atomic mass is 10.0. The average molecular weight is 236 g/mol. The molecule has 17 heavy (non-hydrogen) atoms. The van der Waals surface area contributed by atoms with Crippen LogP contribution in [0.5, 0.6) is 5.75 Å². The minimum atomic E-state index is -0.498. The number of nitrogens with two attached hydrogens (primary N) is 1. The summed E-state index contributed by atoms with van der Waals surface area (Å²) in [5.41, 5.74) is 6.01. The van der Waals surface area contributed by atoms with E-state index in [1.165, 1.54) is 0 Å². The Bertz CT molecular complexity index is 383. The third-order valence-corrected chi connectivity index (χ3v) is 2.04. The Balaban J connectivity index is 2.62. The summed E-state index contributed by atoms with van der Waals surface area (Å²) in [5, 5.41) is 2.80. The molecule has 0 aliphatic rings. The number of ether oxygens (including phenoxy) is 1. The molecule has 1 aromatic rings. The second kappa shape index (κ2) is 5.68. The molecular weight excluding hydrogens is 216 g/mol. The lowest BCUT2D eigenvalue weighted by molar-refractivity contribution is -0.117. The van der Waals surface area contributed by atoms with Crippen molar-refractivity contribution in [3.05, 3.63) is 24.3 Å². The third-order valence-electron chi connectivity index (χ3n) is 2.04. The minimum Gasteiger partial charge on any atom is -0.494 e. The van der Waals surface area contributed by atoms with Gasteiger partial charge in [0.2, 0.25) is 5.91 Å². The van der Waals surface area contributed by atoms with Gasteiger partial charge in [-0.1, -0.05) is 6.07 Å². The lowest BCUT2D eigenvalue weighted by Crippen LogP contribution is -2.36. The second-order valence-electron chi connectivity index (χ2n) is 4.67. The molecule has 0 aliphatic heterocycles. The van der Waals surface area contributed by atoms with Crippen LogP contribution in [0.25, 0.3) is 0 Å². The maximum Gasteiger partial charge on any atom is 0.226 e. The predicted octanol–water partition coefficient (Wildman–Crippen LogP) is 2.15. The molecule has 0 fully saturated rings. The maximum absolute atomic E-state index is 11.7. The molecule has 4 nitrogen and oxygen atoms in total. The molecule has 0 aliphatic carbocycles. The van der Waals surface area contributed by atoms with Crippen molar-refractivity contribution >= 4 is 11.6 Å². The van der Waals surface area contributed by atoms with Gasteiger partial charge in [0.1, 0.15) is 5.75 Å². The van der Waals surface area contributed by atoms with Crippen LogP contribution in [0, 0.1) is 0 Å². The van der Waals surface area contributed by atoms with Crippen molar-refractivity contribution in [2.24, 2.45) is 5.73 Å². The molecule has 0 aromatic heterocycles. The van der Waals surface area contributed by atoms with Gasteiger partial charge in [0.05, 0.1) is 6.61 Å². The SMILES string of the molecule is CCOc1cccc(NC(=O)CC(C)(C)N)c1. The second-order valence-corrected chi connectivity index (χ2v) is 4.67. The number of hydrogen-bond acceptors (Lipinski definition) is 3. The van der Waals surface area contributed by atoms with Crippen LogP contribution >= 0.6 is 0 Å². The maximum atomic E-state index is 11.7. The van der Waals surface area contributed by atoms with Crippen LogP contribution in [0.2, 0.25) is 0 Å². The van der Waals surface area contributed by atoms with Gasteiger partial charge in [0.15, 0.2) is 0 Å². The molecule has 1 rings (SSSR count). The molecule has 1 amide bonds. The van der Waals surface area contributed by atoms with Crippen LogP contribution in [0.4, 0.5) is 5.69 Å². The van der Waals surface area contributed by atoms with E-state index in [-0.39, 0.29) is 12.3 Å². The summed E-state index contributed by atoms with van der Waals surface area (Å²) >= 11 is 0. The number of nitrogens with one attached hydrogen (secondary N) is 1. The zero-order chi connectivity index (χ0) is 12.9. The number of rotatable bonds is 5. The first-order valence-corrected chi connectivity index (χ1v) is 5.72. The van der Waals surface area contributed by atoms with E-state index in [1.54, 1.807) is 6.07 Å². The summed E-state index contributed by atoms with van der Waals surface area (Å²) in [7, 11) is 0. The fourth-order valence-electron chi connectivity index (χ4n) is 1.45. The smallest absolute Gasteiger partial charge is 0.226 e. The number of benzene rings is 1. The van der Waals surface area contributed by atoms with Crippen molar-refractivity contribution in [1.82, 2.24) is 0 Å². The molecule has 3 N–H and O–H groups in total. The topological polar surface area (TPSA) is 64.3 Å². The van der Waals surface area contributed by atoms with Crippen molar-refractivity contribution in [3.8, 4) is 5.75 Å². The van der Waals surface area contributed by atoms with Gasteiger partial charge in [0, 0.05) is 23.7 Å². The summed E-state index contributed by atoms with van der Waals surface area (Å²) < 4.78 is 5.35. The van der Waals surface area contributed by atoms with Crippen LogP contribution in [0.3, 0.4) is 0 Å². The van der Waals surface area contributed by atoms with Gasteiger partial charge in [-0.2, -0.15) is 0 Å². The van der Waals surface area contributed by atoms with Crippen molar-refractivity contribution in [1.29, 1.82) is 0 Å². The third kappa shape index (κ3) is 5.36. The molecular formula is C13H20N2O2. The summed E-state index contributed by atoms with van der Waals surface area (Å²) in [6.45, 7) is 6.17. The molecule has 0 bridgehead atoms. The molecule has 94 valence electrons. The normalized spacial score (nSPS) is 11.1. The van der Waals surface area contributed by atoms with Gasteiger partial charge in [0.25, 0.3) is 0 Å². The Morgan fingerprint density at radius 2 is 2.18 bits per heavy atom. The molecule has 0 atom stereocenters. The lowest BCUT2D eigenvalue weighted by Gasteiger charge is -2.17. The van der Waals surface area contributed by atoms with Crippen molar-refractivity contribution in [3.63, 3.8) is 0 Å². The van der Waals surface area contributed by atoms with Crippen molar-refractivity contribution in [2.45, 2.75) is 32.7 Å². The average Bonchev–Trinajstić information content (AvgIpc) is 2.15. The van der Waals surface area contributed by atoms with Gasteiger partial charge >= 0.3 is 0 Å². The first-order chi connectivity index (χ1) is 7.90. The van der Waals surface area contributed by atoms with Crippen LogP contribution in [-0.2, 0) is 4.79 Å². The van der Waals surface area contributed by atoms with E-state index < -0.39 is 5.54 Å². The molecule has 0 radical (unpaired) electrons. The van der Waals surface area contributed by atoms with Gasteiger partial charge in [-0.15, -0.1) is 0 Å². The molecule has 0 saturated carbocycles. The Kier molecular flexibility index (Phi) is 4.52. The van der Waals surface area contributed by atoms with Crippen LogP contribution < -0.4 is 15.8 Å². The van der Waals surface area contributed by atoms with E-state index in [2.05, 4.69) is 5.32 Å². The number of carbonyl (C=O) groups is 1. The van der Waals surface area contributed by atoms with E-state index in [9.17, 15) is 4.79 Å². The van der Waals surface area contributed by atoms with Gasteiger partial charge < -0.3 is 15.8 Å². The Labute approximate surface area is 102 Å². The number of carbonyl (C=O) groups excluding carboxylic acids is 1. The van der Waals surface area contributed by atoms with E-state index in [0.29, 0.717) is 6.61 Å². The fraction of sp³-hybridized carbons (Fsp3) is 0.462. The summed E-state index contributed by atoms with van der Waals surface area (Å²) in [6, 6.07) is 7.31. The van der Waals surface area contributed by atoms with Crippen LogP contribution in [0.1, 0.15) is 27.2 Å². The van der Waals surface area contributed by atoms with Crippen molar-refractivity contribution < 1.29 is 9.53 Å². The zero-order valence-electron chi connectivity index (χ0n) is 10.6. The van der Waals surface area contributed by atoms with Gasteiger partial charge in [-0.3, -0.25) is 4.79 Å². The standard InChI is InChI=1S/C13H20N2O2/c1-4-17-11-7-5-6-10(8-11)15-12(16)9-13(2,3)14/h5-8H,4,9,14H2,1-3H3,(H,15,16). The highest BCUT2D eigenvalue weighted by Crippen LogP contribution is 2.18. The Morgan fingerprint density at radius 1 is 1.47 bits per heavy atom. The first-order valence-electron chi connectivity index (χ1n) is 5.72. The van der Waals surface area contributed by atoms with E-state index in [1.807, 2.05) is 39.0 Å². The highest BCUT2D eigenvalue weighted by Gasteiger charge is 2.16. The number of anilines is 1. The Hall–Kier alpha value is -1.55. The largest absolute Gasteiger partial charge is 0.494 e. The van der Waals surface area contributed by atoms with Crippen molar-refractivity contribution in [2.75, 3.05) is 11.9 Å².